The summed E-state index contributed by atoms with van der Waals surface area (Å²) in [7, 11) is 0. The van der Waals surface area contributed by atoms with Gasteiger partial charge in [-0.1, -0.05) is 12.1 Å². The molecule has 0 unspecified atom stereocenters. The summed E-state index contributed by atoms with van der Waals surface area (Å²) in [6.07, 6.45) is 2.95. The fourth-order valence-electron chi connectivity index (χ4n) is 3.42. The minimum absolute atomic E-state index is 0.416. The summed E-state index contributed by atoms with van der Waals surface area (Å²) in [5, 5.41) is 11.0. The minimum Gasteiger partial charge on any atom is -0.385 e. The maximum Gasteiger partial charge on any atom is 0.168 e. The number of benzene rings is 1. The summed E-state index contributed by atoms with van der Waals surface area (Å²) in [5.74, 6) is -0.416. The van der Waals surface area contributed by atoms with Gasteiger partial charge in [-0.15, -0.1) is 0 Å². The highest BCUT2D eigenvalue weighted by molar-refractivity contribution is 5.39. The van der Waals surface area contributed by atoms with E-state index in [1.54, 1.807) is 0 Å². The first kappa shape index (κ1) is 14.1. The average Bonchev–Trinajstić information content (AvgIpc) is 2.88. The molecule has 2 fully saturated rings. The van der Waals surface area contributed by atoms with Gasteiger partial charge in [0.1, 0.15) is 0 Å². The fraction of sp³-hybridized carbons (Fsp3) is 0.647. The van der Waals surface area contributed by atoms with E-state index in [-0.39, 0.29) is 0 Å². The van der Waals surface area contributed by atoms with E-state index in [1.807, 2.05) is 0 Å². The molecular weight excluding hydrogens is 252 g/mol. The Kier molecular flexibility index (Phi) is 3.39. The summed E-state index contributed by atoms with van der Waals surface area (Å²) in [4.78, 5) is 0. The summed E-state index contributed by atoms with van der Waals surface area (Å²) < 4.78 is 11.5. The van der Waals surface area contributed by atoms with Crippen LogP contribution < -0.4 is 0 Å². The van der Waals surface area contributed by atoms with Gasteiger partial charge in [-0.25, -0.2) is 0 Å². The Morgan fingerprint density at radius 2 is 1.40 bits per heavy atom. The second kappa shape index (κ2) is 4.83. The van der Waals surface area contributed by atoms with Gasteiger partial charge in [-0.2, -0.15) is 0 Å². The molecule has 110 valence electrons. The van der Waals surface area contributed by atoms with Crippen LogP contribution in [-0.4, -0.2) is 24.1 Å². The molecule has 2 aliphatic rings. The molecule has 3 rings (SSSR count). The summed E-state index contributed by atoms with van der Waals surface area (Å²) in [6, 6.07) is 4.27. The molecular formula is C17H24O3. The van der Waals surface area contributed by atoms with E-state index >= 15 is 0 Å². The van der Waals surface area contributed by atoms with Crippen molar-refractivity contribution in [2.24, 2.45) is 0 Å². The van der Waals surface area contributed by atoms with Gasteiger partial charge in [0.2, 0.25) is 0 Å². The van der Waals surface area contributed by atoms with Gasteiger partial charge in [0.25, 0.3) is 0 Å². The smallest absolute Gasteiger partial charge is 0.168 e. The molecule has 0 bridgehead atoms. The third-order valence-corrected chi connectivity index (χ3v) is 5.12. The predicted octanol–water partition coefficient (Wildman–Crippen LogP) is 3.12. The van der Waals surface area contributed by atoms with Gasteiger partial charge in [-0.3, -0.25) is 0 Å². The van der Waals surface area contributed by atoms with Crippen LogP contribution in [0.3, 0.4) is 0 Å². The van der Waals surface area contributed by atoms with Crippen LogP contribution in [0.4, 0.5) is 0 Å². The van der Waals surface area contributed by atoms with Gasteiger partial charge < -0.3 is 14.6 Å². The zero-order valence-electron chi connectivity index (χ0n) is 12.7. The molecule has 1 aromatic rings. The number of hydrogen-bond donors (Lipinski definition) is 1. The van der Waals surface area contributed by atoms with E-state index in [0.29, 0.717) is 26.1 Å². The lowest BCUT2D eigenvalue weighted by Gasteiger charge is -2.41. The van der Waals surface area contributed by atoms with E-state index in [1.165, 1.54) is 16.7 Å². The number of ether oxygens (including phenoxy) is 2. The molecule has 1 saturated heterocycles. The Morgan fingerprint density at radius 3 is 1.90 bits per heavy atom. The topological polar surface area (TPSA) is 38.7 Å². The first-order chi connectivity index (χ1) is 9.44. The van der Waals surface area contributed by atoms with Gasteiger partial charge in [-0.05, 0) is 55.9 Å². The minimum atomic E-state index is -0.732. The highest BCUT2D eigenvalue weighted by Crippen LogP contribution is 2.45. The second-order valence-electron chi connectivity index (χ2n) is 6.37. The van der Waals surface area contributed by atoms with Crippen molar-refractivity contribution in [3.8, 4) is 0 Å². The van der Waals surface area contributed by atoms with Crippen molar-refractivity contribution in [1.29, 1.82) is 0 Å². The zero-order chi connectivity index (χ0) is 14.4. The zero-order valence-corrected chi connectivity index (χ0v) is 12.7. The largest absolute Gasteiger partial charge is 0.385 e. The van der Waals surface area contributed by atoms with Gasteiger partial charge in [0.15, 0.2) is 5.79 Å². The van der Waals surface area contributed by atoms with Crippen LogP contribution in [0.5, 0.6) is 0 Å². The molecule has 1 spiro atoms. The molecule has 1 aliphatic heterocycles. The number of hydrogen-bond acceptors (Lipinski definition) is 3. The van der Waals surface area contributed by atoms with Crippen molar-refractivity contribution in [2.75, 3.05) is 13.2 Å². The molecule has 3 heteroatoms. The van der Waals surface area contributed by atoms with Crippen molar-refractivity contribution in [2.45, 2.75) is 57.8 Å². The Hall–Kier alpha value is -0.900. The third kappa shape index (κ3) is 2.28. The van der Waals surface area contributed by atoms with Crippen molar-refractivity contribution in [3.05, 3.63) is 34.4 Å². The average molecular weight is 276 g/mol. The second-order valence-corrected chi connectivity index (χ2v) is 6.37. The molecule has 3 nitrogen and oxygen atoms in total. The standard InChI is InChI=1S/C17H24O3/c1-12-10-15(11-13(2)14(12)3)16(18)4-6-17(7-5-16)19-8-9-20-17/h10-11,18H,4-9H2,1-3H3. The van der Waals surface area contributed by atoms with Gasteiger partial charge in [0, 0.05) is 12.8 Å². The van der Waals surface area contributed by atoms with Gasteiger partial charge >= 0.3 is 0 Å². The van der Waals surface area contributed by atoms with Crippen LogP contribution in [-0.2, 0) is 15.1 Å². The molecule has 0 radical (unpaired) electrons. The molecule has 1 heterocycles. The van der Waals surface area contributed by atoms with Crippen LogP contribution in [0, 0.1) is 20.8 Å². The van der Waals surface area contributed by atoms with Crippen LogP contribution >= 0.6 is 0 Å². The molecule has 0 atom stereocenters. The maximum absolute atomic E-state index is 11.0. The SMILES string of the molecule is Cc1cc(C2(O)CCC3(CC2)OCCO3)cc(C)c1C. The van der Waals surface area contributed by atoms with E-state index < -0.39 is 11.4 Å². The lowest BCUT2D eigenvalue weighted by atomic mass is 9.76. The van der Waals surface area contributed by atoms with Gasteiger partial charge in [0.05, 0.1) is 18.8 Å². The normalized spacial score (nSPS) is 24.2. The molecule has 1 aromatic carbocycles. The molecule has 1 aliphatic carbocycles. The van der Waals surface area contributed by atoms with Crippen LogP contribution in [0.15, 0.2) is 12.1 Å². The highest BCUT2D eigenvalue weighted by Gasteiger charge is 2.46. The quantitative estimate of drug-likeness (QED) is 0.856. The number of rotatable bonds is 1. The van der Waals surface area contributed by atoms with Crippen LogP contribution in [0.1, 0.15) is 47.9 Å². The number of aliphatic hydroxyl groups is 1. The van der Waals surface area contributed by atoms with E-state index in [4.69, 9.17) is 9.47 Å². The van der Waals surface area contributed by atoms with E-state index in [0.717, 1.165) is 18.4 Å². The van der Waals surface area contributed by atoms with Crippen LogP contribution in [0.25, 0.3) is 0 Å². The summed E-state index contributed by atoms with van der Waals surface area (Å²) >= 11 is 0. The Morgan fingerprint density at radius 1 is 0.900 bits per heavy atom. The van der Waals surface area contributed by atoms with Crippen molar-refractivity contribution in [1.82, 2.24) is 0 Å². The predicted molar refractivity (Wildman–Crippen MR) is 77.7 cm³/mol. The summed E-state index contributed by atoms with van der Waals surface area (Å²) in [6.45, 7) is 7.72. The fourth-order valence-corrected chi connectivity index (χ4v) is 3.42. The monoisotopic (exact) mass is 276 g/mol. The van der Waals surface area contributed by atoms with E-state index in [2.05, 4.69) is 32.9 Å². The van der Waals surface area contributed by atoms with Crippen molar-refractivity contribution in [3.63, 3.8) is 0 Å². The lowest BCUT2D eigenvalue weighted by Crippen LogP contribution is -2.42. The third-order valence-electron chi connectivity index (χ3n) is 5.12. The van der Waals surface area contributed by atoms with Crippen molar-refractivity contribution < 1.29 is 14.6 Å². The molecule has 1 saturated carbocycles. The Balaban J connectivity index is 1.83. The molecule has 0 amide bonds. The molecule has 20 heavy (non-hydrogen) atoms. The molecule has 1 N–H and O–H groups in total. The lowest BCUT2D eigenvalue weighted by molar-refractivity contribution is -0.204. The highest BCUT2D eigenvalue weighted by atomic mass is 16.7. The number of aryl methyl sites for hydroxylation is 2. The summed E-state index contributed by atoms with van der Waals surface area (Å²) in [5.41, 5.74) is 4.13. The first-order valence-electron chi connectivity index (χ1n) is 7.53. The first-order valence-corrected chi connectivity index (χ1v) is 7.53. The Labute approximate surface area is 120 Å². The van der Waals surface area contributed by atoms with E-state index in [9.17, 15) is 5.11 Å². The van der Waals surface area contributed by atoms with Crippen molar-refractivity contribution >= 4 is 0 Å². The van der Waals surface area contributed by atoms with Crippen LogP contribution in [0.2, 0.25) is 0 Å². The maximum atomic E-state index is 11.0. The molecule has 0 aromatic heterocycles. The Bertz CT molecular complexity index is 482.